The second-order valence-corrected chi connectivity index (χ2v) is 5.52. The van der Waals surface area contributed by atoms with Gasteiger partial charge in [-0.1, -0.05) is 23.7 Å². The molecule has 25 heavy (non-hydrogen) atoms. The smallest absolute Gasteiger partial charge is 0.306 e. The number of carbonyl (C=O) groups is 1. The molecule has 7 heteroatoms. The van der Waals surface area contributed by atoms with E-state index in [0.29, 0.717) is 27.5 Å². The minimum Gasteiger partial charge on any atom is -0.493 e. The summed E-state index contributed by atoms with van der Waals surface area (Å²) in [7, 11) is 0. The molecule has 0 atom stereocenters. The van der Waals surface area contributed by atoms with E-state index < -0.39 is 5.97 Å². The minimum atomic E-state index is -0.950. The summed E-state index contributed by atoms with van der Waals surface area (Å²) in [6.45, 7) is 0.0266. The third-order valence-corrected chi connectivity index (χ3v) is 3.67. The number of para-hydroxylation sites is 1. The van der Waals surface area contributed by atoms with Crippen molar-refractivity contribution in [2.45, 2.75) is 6.42 Å². The normalized spacial score (nSPS) is 10.6. The molecule has 3 aromatic rings. The predicted molar refractivity (Wildman–Crippen MR) is 91.8 cm³/mol. The largest absolute Gasteiger partial charge is 0.493 e. The minimum absolute atomic E-state index is 0.0140. The number of carboxylic acid groups (broad SMARTS) is 1. The van der Waals surface area contributed by atoms with Crippen LogP contribution in [0.2, 0.25) is 5.02 Å². The van der Waals surface area contributed by atoms with Crippen LogP contribution in [0.4, 0.5) is 0 Å². The van der Waals surface area contributed by atoms with E-state index >= 15 is 0 Å². The van der Waals surface area contributed by atoms with Crippen LogP contribution in [0.1, 0.15) is 6.42 Å². The van der Waals surface area contributed by atoms with E-state index in [1.54, 1.807) is 30.3 Å². The molecule has 2 aromatic carbocycles. The van der Waals surface area contributed by atoms with E-state index in [-0.39, 0.29) is 24.2 Å². The van der Waals surface area contributed by atoms with Crippen molar-refractivity contribution in [3.63, 3.8) is 0 Å². The fourth-order valence-corrected chi connectivity index (χ4v) is 2.33. The molecule has 0 aliphatic carbocycles. The zero-order valence-electron chi connectivity index (χ0n) is 12.9. The van der Waals surface area contributed by atoms with E-state index in [4.69, 9.17) is 30.6 Å². The second-order valence-electron chi connectivity index (χ2n) is 5.11. The van der Waals surface area contributed by atoms with Gasteiger partial charge in [-0.05, 0) is 24.3 Å². The zero-order valence-corrected chi connectivity index (χ0v) is 13.7. The standard InChI is InChI=1S/C18H13ClO6/c19-13-3-1-2-4-14(13)25-16-10-24-15-9-11(23-8-7-17(20)21)5-6-12(15)18(16)22/h1-6,9-10H,7-8H2,(H,20,21). The molecule has 0 bridgehead atoms. The van der Waals surface area contributed by atoms with Gasteiger partial charge in [0.1, 0.15) is 23.3 Å². The number of benzene rings is 2. The van der Waals surface area contributed by atoms with Gasteiger partial charge in [-0.2, -0.15) is 0 Å². The fraction of sp³-hybridized carbons (Fsp3) is 0.111. The first-order valence-corrected chi connectivity index (χ1v) is 7.75. The highest BCUT2D eigenvalue weighted by Gasteiger charge is 2.11. The molecule has 3 rings (SSSR count). The van der Waals surface area contributed by atoms with Crippen molar-refractivity contribution >= 4 is 28.5 Å². The number of aliphatic carboxylic acids is 1. The average Bonchev–Trinajstić information content (AvgIpc) is 2.59. The van der Waals surface area contributed by atoms with Gasteiger partial charge >= 0.3 is 5.97 Å². The topological polar surface area (TPSA) is 86.0 Å². The van der Waals surface area contributed by atoms with Gasteiger partial charge in [-0.15, -0.1) is 0 Å². The number of fused-ring (bicyclic) bond motifs is 1. The second kappa shape index (κ2) is 7.27. The average molecular weight is 361 g/mol. The lowest BCUT2D eigenvalue weighted by Crippen LogP contribution is -2.06. The van der Waals surface area contributed by atoms with Gasteiger partial charge < -0.3 is 19.0 Å². The molecule has 0 aliphatic rings. The molecule has 128 valence electrons. The Bertz CT molecular complexity index is 979. The number of ether oxygens (including phenoxy) is 2. The molecule has 0 fully saturated rings. The maximum absolute atomic E-state index is 12.5. The third-order valence-electron chi connectivity index (χ3n) is 3.36. The Balaban J connectivity index is 1.86. The Morgan fingerprint density at radius 1 is 1.16 bits per heavy atom. The summed E-state index contributed by atoms with van der Waals surface area (Å²) in [5.41, 5.74) is -0.0393. The Morgan fingerprint density at radius 2 is 1.96 bits per heavy atom. The van der Waals surface area contributed by atoms with Crippen molar-refractivity contribution in [1.29, 1.82) is 0 Å². The van der Waals surface area contributed by atoms with Crippen LogP contribution < -0.4 is 14.9 Å². The molecule has 1 aromatic heterocycles. The van der Waals surface area contributed by atoms with Crippen molar-refractivity contribution in [3.05, 3.63) is 64.0 Å². The van der Waals surface area contributed by atoms with Gasteiger partial charge in [0.15, 0.2) is 0 Å². The van der Waals surface area contributed by atoms with Crippen LogP contribution in [0.15, 0.2) is 57.9 Å². The maximum Gasteiger partial charge on any atom is 0.306 e. The summed E-state index contributed by atoms with van der Waals surface area (Å²) in [6.07, 6.45) is 1.08. The molecule has 0 unspecified atom stereocenters. The van der Waals surface area contributed by atoms with Crippen LogP contribution in [0.3, 0.4) is 0 Å². The van der Waals surface area contributed by atoms with Crippen LogP contribution in [0, 0.1) is 0 Å². The molecule has 0 radical (unpaired) electrons. The third kappa shape index (κ3) is 3.92. The lowest BCUT2D eigenvalue weighted by Gasteiger charge is -2.08. The number of carboxylic acids is 1. The van der Waals surface area contributed by atoms with E-state index in [1.807, 2.05) is 0 Å². The molecule has 0 aliphatic heterocycles. The van der Waals surface area contributed by atoms with Crippen molar-refractivity contribution in [1.82, 2.24) is 0 Å². The fourth-order valence-electron chi connectivity index (χ4n) is 2.15. The summed E-state index contributed by atoms with van der Waals surface area (Å²) >= 11 is 6.02. The monoisotopic (exact) mass is 360 g/mol. The zero-order chi connectivity index (χ0) is 17.8. The van der Waals surface area contributed by atoms with Crippen molar-refractivity contribution < 1.29 is 23.8 Å². The molecule has 6 nitrogen and oxygen atoms in total. The van der Waals surface area contributed by atoms with Crippen molar-refractivity contribution in [2.75, 3.05) is 6.61 Å². The molecule has 1 heterocycles. The van der Waals surface area contributed by atoms with Gasteiger partial charge in [-0.25, -0.2) is 0 Å². The Hall–Kier alpha value is -2.99. The van der Waals surface area contributed by atoms with Gasteiger partial charge in [0.2, 0.25) is 11.2 Å². The molecule has 0 spiro atoms. The van der Waals surface area contributed by atoms with Gasteiger partial charge in [0, 0.05) is 6.07 Å². The summed E-state index contributed by atoms with van der Waals surface area (Å²) in [5, 5.41) is 9.30. The van der Waals surface area contributed by atoms with Crippen LogP contribution in [-0.2, 0) is 4.79 Å². The number of rotatable bonds is 6. The number of hydrogen-bond donors (Lipinski definition) is 1. The summed E-state index contributed by atoms with van der Waals surface area (Å²) in [6, 6.07) is 11.4. The maximum atomic E-state index is 12.5. The van der Waals surface area contributed by atoms with Crippen LogP contribution in [0.5, 0.6) is 17.2 Å². The van der Waals surface area contributed by atoms with Crippen molar-refractivity contribution in [3.8, 4) is 17.2 Å². The molecule has 0 saturated carbocycles. The van der Waals surface area contributed by atoms with E-state index in [2.05, 4.69) is 0 Å². The summed E-state index contributed by atoms with van der Waals surface area (Å²) in [4.78, 5) is 23.0. The number of halogens is 1. The summed E-state index contributed by atoms with van der Waals surface area (Å²) in [5.74, 6) is -0.171. The number of hydrogen-bond acceptors (Lipinski definition) is 5. The highest BCUT2D eigenvalue weighted by atomic mass is 35.5. The first-order chi connectivity index (χ1) is 12.0. The van der Waals surface area contributed by atoms with E-state index in [0.717, 1.165) is 0 Å². The predicted octanol–water partition coefficient (Wildman–Crippen LogP) is 4.09. The highest BCUT2D eigenvalue weighted by molar-refractivity contribution is 6.32. The lowest BCUT2D eigenvalue weighted by atomic mass is 10.2. The Morgan fingerprint density at radius 3 is 2.72 bits per heavy atom. The summed E-state index contributed by atoms with van der Waals surface area (Å²) < 4.78 is 16.3. The SMILES string of the molecule is O=C(O)CCOc1ccc2c(=O)c(Oc3ccccc3Cl)coc2c1. The van der Waals surface area contributed by atoms with Crippen LogP contribution in [-0.4, -0.2) is 17.7 Å². The van der Waals surface area contributed by atoms with E-state index in [9.17, 15) is 9.59 Å². The Kier molecular flexibility index (Phi) is 4.90. The van der Waals surface area contributed by atoms with Crippen LogP contribution >= 0.6 is 11.6 Å². The van der Waals surface area contributed by atoms with Gasteiger partial charge in [0.25, 0.3) is 0 Å². The van der Waals surface area contributed by atoms with E-state index in [1.165, 1.54) is 18.4 Å². The van der Waals surface area contributed by atoms with Gasteiger partial charge in [-0.3, -0.25) is 9.59 Å². The Labute approximate surface area is 147 Å². The lowest BCUT2D eigenvalue weighted by molar-refractivity contribution is -0.137. The molecule has 0 amide bonds. The first kappa shape index (κ1) is 16.9. The molecule has 0 saturated heterocycles. The molecule has 1 N–H and O–H groups in total. The van der Waals surface area contributed by atoms with Crippen LogP contribution in [0.25, 0.3) is 11.0 Å². The highest BCUT2D eigenvalue weighted by Crippen LogP contribution is 2.28. The van der Waals surface area contributed by atoms with Gasteiger partial charge in [0.05, 0.1) is 23.4 Å². The molecular formula is C18H13ClO6. The molecular weight excluding hydrogens is 348 g/mol. The first-order valence-electron chi connectivity index (χ1n) is 7.37. The van der Waals surface area contributed by atoms with Crippen molar-refractivity contribution in [2.24, 2.45) is 0 Å². The quantitative estimate of drug-likeness (QED) is 0.712.